The van der Waals surface area contributed by atoms with E-state index in [1.165, 1.54) is 0 Å². The predicted octanol–water partition coefficient (Wildman–Crippen LogP) is 1.97. The van der Waals surface area contributed by atoms with Gasteiger partial charge in [0.2, 0.25) is 0 Å². The second-order valence-corrected chi connectivity index (χ2v) is 5.52. The maximum absolute atomic E-state index is 12.4. The van der Waals surface area contributed by atoms with Crippen molar-refractivity contribution in [3.8, 4) is 0 Å². The van der Waals surface area contributed by atoms with E-state index in [4.69, 9.17) is 17.3 Å². The Bertz CT molecular complexity index is 433. The first-order chi connectivity index (χ1) is 8.52. The first kappa shape index (κ1) is 13.4. The fourth-order valence-corrected chi connectivity index (χ4v) is 2.62. The highest BCUT2D eigenvalue weighted by atomic mass is 35.5. The van der Waals surface area contributed by atoms with Gasteiger partial charge in [-0.3, -0.25) is 4.79 Å². The maximum Gasteiger partial charge on any atom is 0.270 e. The number of aromatic nitrogens is 1. The Morgan fingerprint density at radius 2 is 2.28 bits per heavy atom. The van der Waals surface area contributed by atoms with Crippen LogP contribution >= 0.6 is 11.6 Å². The lowest BCUT2D eigenvalue weighted by Crippen LogP contribution is -2.33. The summed E-state index contributed by atoms with van der Waals surface area (Å²) in [6.07, 6.45) is 2.79. The van der Waals surface area contributed by atoms with Gasteiger partial charge in [0, 0.05) is 31.9 Å². The van der Waals surface area contributed by atoms with Gasteiger partial charge >= 0.3 is 0 Å². The van der Waals surface area contributed by atoms with Crippen LogP contribution in [0.1, 0.15) is 30.8 Å². The highest BCUT2D eigenvalue weighted by Gasteiger charge is 2.31. The molecule has 5 heteroatoms. The third-order valence-electron chi connectivity index (χ3n) is 3.50. The zero-order valence-electron chi connectivity index (χ0n) is 10.9. The van der Waals surface area contributed by atoms with Crippen molar-refractivity contribution in [2.45, 2.75) is 32.9 Å². The summed E-state index contributed by atoms with van der Waals surface area (Å²) < 4.78 is 1.93. The number of nitrogens with two attached hydrogens (primary N) is 1. The summed E-state index contributed by atoms with van der Waals surface area (Å²) in [5.74, 6) is 0.397. The van der Waals surface area contributed by atoms with Crippen molar-refractivity contribution in [1.82, 2.24) is 9.47 Å². The summed E-state index contributed by atoms with van der Waals surface area (Å²) in [5.41, 5.74) is 6.63. The fraction of sp³-hybridized carbons (Fsp3) is 0.615. The lowest BCUT2D eigenvalue weighted by atomic mass is 10.1. The summed E-state index contributed by atoms with van der Waals surface area (Å²) in [4.78, 5) is 14.3. The molecule has 2 atom stereocenters. The van der Waals surface area contributed by atoms with Gasteiger partial charge in [0.05, 0.1) is 5.02 Å². The number of nitrogens with zero attached hydrogens (tertiary/aromatic N) is 2. The van der Waals surface area contributed by atoms with Gasteiger partial charge in [0.15, 0.2) is 0 Å². The molecule has 18 heavy (non-hydrogen) atoms. The van der Waals surface area contributed by atoms with E-state index in [9.17, 15) is 4.79 Å². The minimum Gasteiger partial charge on any atom is -0.342 e. The molecular formula is C13H20ClN3O. The molecule has 1 aromatic rings. The van der Waals surface area contributed by atoms with Crippen molar-refractivity contribution in [2.75, 3.05) is 13.1 Å². The molecule has 1 aromatic heterocycles. The number of carbonyl (C=O) groups is 1. The zero-order chi connectivity index (χ0) is 13.3. The molecule has 1 fully saturated rings. The van der Waals surface area contributed by atoms with Crippen LogP contribution in [0.3, 0.4) is 0 Å². The van der Waals surface area contributed by atoms with Crippen molar-refractivity contribution in [3.05, 3.63) is 23.0 Å². The predicted molar refractivity (Wildman–Crippen MR) is 72.8 cm³/mol. The second-order valence-electron chi connectivity index (χ2n) is 5.09. The van der Waals surface area contributed by atoms with Gasteiger partial charge in [-0.05, 0) is 18.4 Å². The Morgan fingerprint density at radius 3 is 2.83 bits per heavy atom. The molecule has 1 saturated heterocycles. The average Bonchev–Trinajstić information content (AvgIpc) is 2.83. The van der Waals surface area contributed by atoms with Crippen LogP contribution in [0.15, 0.2) is 12.3 Å². The summed E-state index contributed by atoms with van der Waals surface area (Å²) in [5, 5.41) is 0.614. The van der Waals surface area contributed by atoms with Crippen LogP contribution in [0, 0.1) is 5.92 Å². The van der Waals surface area contributed by atoms with Crippen molar-refractivity contribution in [3.63, 3.8) is 0 Å². The molecule has 100 valence electrons. The van der Waals surface area contributed by atoms with Crippen molar-refractivity contribution < 1.29 is 4.79 Å². The Kier molecular flexibility index (Phi) is 3.97. The fourth-order valence-electron chi connectivity index (χ4n) is 2.40. The zero-order valence-corrected chi connectivity index (χ0v) is 11.7. The molecule has 2 unspecified atom stereocenters. The number of halogens is 1. The van der Waals surface area contributed by atoms with Crippen LogP contribution in [0.4, 0.5) is 0 Å². The number of rotatable bonds is 3. The summed E-state index contributed by atoms with van der Waals surface area (Å²) in [7, 11) is 0. The molecule has 0 aromatic carbocycles. The Labute approximate surface area is 113 Å². The van der Waals surface area contributed by atoms with E-state index in [1.807, 2.05) is 15.7 Å². The Balaban J connectivity index is 2.18. The van der Waals surface area contributed by atoms with Gasteiger partial charge < -0.3 is 15.2 Å². The van der Waals surface area contributed by atoms with Gasteiger partial charge in [0.1, 0.15) is 5.69 Å². The molecule has 2 heterocycles. The minimum atomic E-state index is 0.0372. The van der Waals surface area contributed by atoms with Gasteiger partial charge in [-0.25, -0.2) is 0 Å². The summed E-state index contributed by atoms with van der Waals surface area (Å²) in [6.45, 7) is 6.33. The van der Waals surface area contributed by atoms with E-state index >= 15 is 0 Å². The van der Waals surface area contributed by atoms with E-state index in [0.29, 0.717) is 23.2 Å². The number of likely N-dealkylation sites (tertiary alicyclic amines) is 1. The molecule has 1 aliphatic heterocycles. The van der Waals surface area contributed by atoms with Gasteiger partial charge in [-0.15, -0.1) is 0 Å². The number of aryl methyl sites for hydroxylation is 1. The molecule has 0 bridgehead atoms. The van der Waals surface area contributed by atoms with Crippen LogP contribution in [-0.2, 0) is 6.54 Å². The largest absolute Gasteiger partial charge is 0.342 e. The van der Waals surface area contributed by atoms with E-state index in [2.05, 4.69) is 13.8 Å². The first-order valence-corrected chi connectivity index (χ1v) is 6.81. The lowest BCUT2D eigenvalue weighted by Gasteiger charge is -2.17. The molecule has 0 saturated carbocycles. The van der Waals surface area contributed by atoms with Crippen molar-refractivity contribution in [1.29, 1.82) is 0 Å². The van der Waals surface area contributed by atoms with Gasteiger partial charge in [0.25, 0.3) is 5.91 Å². The van der Waals surface area contributed by atoms with Crippen LogP contribution < -0.4 is 5.73 Å². The number of amides is 1. The summed E-state index contributed by atoms with van der Waals surface area (Å²) >= 11 is 5.99. The van der Waals surface area contributed by atoms with Crippen molar-refractivity contribution in [2.24, 2.45) is 11.7 Å². The van der Waals surface area contributed by atoms with Crippen LogP contribution in [0.25, 0.3) is 0 Å². The van der Waals surface area contributed by atoms with Gasteiger partial charge in [-0.2, -0.15) is 0 Å². The van der Waals surface area contributed by atoms with E-state index in [1.54, 1.807) is 6.07 Å². The number of hydrogen-bond acceptors (Lipinski definition) is 2. The Morgan fingerprint density at radius 1 is 1.56 bits per heavy atom. The quantitative estimate of drug-likeness (QED) is 0.912. The topological polar surface area (TPSA) is 51.3 Å². The van der Waals surface area contributed by atoms with Gasteiger partial charge in [-0.1, -0.05) is 25.4 Å². The highest BCUT2D eigenvalue weighted by molar-refractivity contribution is 6.31. The molecule has 0 radical (unpaired) electrons. The minimum absolute atomic E-state index is 0.0372. The number of hydrogen-bond donors (Lipinski definition) is 1. The highest BCUT2D eigenvalue weighted by Crippen LogP contribution is 2.21. The maximum atomic E-state index is 12.4. The Hall–Kier alpha value is -1.00. The molecule has 0 spiro atoms. The van der Waals surface area contributed by atoms with E-state index in [0.717, 1.165) is 19.5 Å². The van der Waals surface area contributed by atoms with Crippen LogP contribution in [0.5, 0.6) is 0 Å². The smallest absolute Gasteiger partial charge is 0.270 e. The molecule has 4 nitrogen and oxygen atoms in total. The molecule has 2 N–H and O–H groups in total. The normalized spacial score (nSPS) is 23.7. The third kappa shape index (κ3) is 2.54. The van der Waals surface area contributed by atoms with Crippen molar-refractivity contribution >= 4 is 17.5 Å². The van der Waals surface area contributed by atoms with E-state index in [-0.39, 0.29) is 11.9 Å². The van der Waals surface area contributed by atoms with Crippen LogP contribution in [0.2, 0.25) is 5.02 Å². The molecule has 0 aliphatic carbocycles. The lowest BCUT2D eigenvalue weighted by molar-refractivity contribution is 0.0776. The first-order valence-electron chi connectivity index (χ1n) is 6.43. The molecule has 1 aliphatic rings. The third-order valence-corrected chi connectivity index (χ3v) is 3.71. The molecule has 2 rings (SSSR count). The SMILES string of the molecule is CCCn1cc(Cl)cc1C(=O)N1CC(C)C(N)C1. The second kappa shape index (κ2) is 5.33. The average molecular weight is 270 g/mol. The van der Waals surface area contributed by atoms with Crippen LogP contribution in [-0.4, -0.2) is 34.5 Å². The standard InChI is InChI=1S/C13H20ClN3O/c1-3-4-16-7-10(14)5-12(16)13(18)17-6-9(2)11(15)8-17/h5,7,9,11H,3-4,6,8,15H2,1-2H3. The summed E-state index contributed by atoms with van der Waals surface area (Å²) in [6, 6.07) is 1.83. The van der Waals surface area contributed by atoms with E-state index < -0.39 is 0 Å². The molecule has 1 amide bonds. The number of carbonyl (C=O) groups excluding carboxylic acids is 1. The molecular weight excluding hydrogens is 250 g/mol. The monoisotopic (exact) mass is 269 g/mol.